The molecule has 0 amide bonds. The first-order chi connectivity index (χ1) is 12.2. The third-order valence-corrected chi connectivity index (χ3v) is 4.43. The molecule has 0 aliphatic rings. The zero-order valence-corrected chi connectivity index (χ0v) is 14.6. The minimum atomic E-state index is 0.785. The van der Waals surface area contributed by atoms with Gasteiger partial charge < -0.3 is 5.32 Å². The predicted molar refractivity (Wildman–Crippen MR) is 106 cm³/mol. The fourth-order valence-electron chi connectivity index (χ4n) is 2.93. The van der Waals surface area contributed by atoms with Gasteiger partial charge in [-0.25, -0.2) is 0 Å². The largest absolute Gasteiger partial charge is 0.341 e. The van der Waals surface area contributed by atoms with Crippen LogP contribution >= 0.6 is 12.2 Å². The molecule has 0 aliphatic heterocycles. The number of nitrogens with one attached hydrogen (secondary N) is 1. The van der Waals surface area contributed by atoms with E-state index in [9.17, 15) is 0 Å². The number of anilines is 2. The van der Waals surface area contributed by atoms with E-state index in [1.54, 1.807) is 0 Å². The SMILES string of the molecule is Cc1cc2c(cn1)c(=S)cc(Nc1ccccc1)n2-c1ccccc1. The fraction of sp³-hybridized carbons (Fsp3) is 0.0476. The van der Waals surface area contributed by atoms with Gasteiger partial charge >= 0.3 is 0 Å². The van der Waals surface area contributed by atoms with Gasteiger partial charge in [0.1, 0.15) is 5.82 Å². The molecule has 4 rings (SSSR count). The third kappa shape index (κ3) is 3.04. The van der Waals surface area contributed by atoms with E-state index < -0.39 is 0 Å². The Bertz CT molecular complexity index is 1090. The number of nitrogens with zero attached hydrogens (tertiary/aromatic N) is 2. The molecule has 0 atom stereocenters. The molecule has 122 valence electrons. The Hall–Kier alpha value is -2.98. The Morgan fingerprint density at radius 3 is 2.32 bits per heavy atom. The Labute approximate surface area is 151 Å². The Morgan fingerprint density at radius 2 is 1.60 bits per heavy atom. The summed E-state index contributed by atoms with van der Waals surface area (Å²) in [4.78, 5) is 4.42. The van der Waals surface area contributed by atoms with Crippen LogP contribution in [-0.2, 0) is 0 Å². The van der Waals surface area contributed by atoms with Gasteiger partial charge in [0.05, 0.1) is 10.0 Å². The molecule has 2 aromatic heterocycles. The molecule has 0 saturated carbocycles. The fourth-order valence-corrected chi connectivity index (χ4v) is 3.20. The molecule has 4 heteroatoms. The maximum atomic E-state index is 5.62. The van der Waals surface area contributed by atoms with Crippen molar-refractivity contribution >= 4 is 34.6 Å². The van der Waals surface area contributed by atoms with Crippen molar-refractivity contribution in [1.29, 1.82) is 0 Å². The highest BCUT2D eigenvalue weighted by atomic mass is 32.1. The molecule has 0 spiro atoms. The summed E-state index contributed by atoms with van der Waals surface area (Å²) in [5.41, 5.74) is 4.10. The maximum Gasteiger partial charge on any atom is 0.116 e. The average molecular weight is 343 g/mol. The molecule has 0 unspecified atom stereocenters. The highest BCUT2D eigenvalue weighted by Crippen LogP contribution is 2.28. The lowest BCUT2D eigenvalue weighted by molar-refractivity contribution is 1.09. The number of aryl methyl sites for hydroxylation is 1. The molecular formula is C21H17N3S. The number of benzene rings is 2. The molecule has 0 fully saturated rings. The van der Waals surface area contributed by atoms with Crippen LogP contribution in [0.3, 0.4) is 0 Å². The van der Waals surface area contributed by atoms with Crippen LogP contribution in [0.1, 0.15) is 5.69 Å². The lowest BCUT2D eigenvalue weighted by Gasteiger charge is -2.19. The third-order valence-electron chi connectivity index (χ3n) is 4.09. The summed E-state index contributed by atoms with van der Waals surface area (Å²) < 4.78 is 2.97. The van der Waals surface area contributed by atoms with Gasteiger partial charge in [0.15, 0.2) is 0 Å². The van der Waals surface area contributed by atoms with Crippen LogP contribution in [-0.4, -0.2) is 9.55 Å². The van der Waals surface area contributed by atoms with Gasteiger partial charge in [0.25, 0.3) is 0 Å². The van der Waals surface area contributed by atoms with Crippen LogP contribution in [0.25, 0.3) is 16.6 Å². The first-order valence-corrected chi connectivity index (χ1v) is 8.53. The van der Waals surface area contributed by atoms with Crippen molar-refractivity contribution < 1.29 is 0 Å². The van der Waals surface area contributed by atoms with Gasteiger partial charge in [-0.3, -0.25) is 9.55 Å². The quantitative estimate of drug-likeness (QED) is 0.476. The number of fused-ring (bicyclic) bond motifs is 1. The van der Waals surface area contributed by atoms with E-state index in [1.807, 2.05) is 67.7 Å². The van der Waals surface area contributed by atoms with E-state index in [2.05, 4.69) is 33.1 Å². The van der Waals surface area contributed by atoms with E-state index in [0.29, 0.717) is 0 Å². The molecule has 0 aliphatic carbocycles. The molecule has 2 aromatic carbocycles. The summed E-state index contributed by atoms with van der Waals surface area (Å²) in [5, 5.41) is 4.47. The van der Waals surface area contributed by atoms with Gasteiger partial charge in [-0.1, -0.05) is 48.6 Å². The molecule has 2 heterocycles. The minimum Gasteiger partial charge on any atom is -0.341 e. The van der Waals surface area contributed by atoms with Crippen molar-refractivity contribution in [2.75, 3.05) is 5.32 Å². The van der Waals surface area contributed by atoms with Crippen LogP contribution in [0, 0.1) is 11.4 Å². The summed E-state index contributed by atoms with van der Waals surface area (Å²) in [5.74, 6) is 0.931. The Morgan fingerprint density at radius 1 is 0.920 bits per heavy atom. The van der Waals surface area contributed by atoms with Crippen molar-refractivity contribution in [3.05, 3.63) is 89.2 Å². The summed E-state index contributed by atoms with van der Waals surface area (Å²) in [7, 11) is 0. The summed E-state index contributed by atoms with van der Waals surface area (Å²) in [6.07, 6.45) is 1.86. The normalized spacial score (nSPS) is 10.8. The summed E-state index contributed by atoms with van der Waals surface area (Å²) in [6, 6.07) is 24.5. The summed E-state index contributed by atoms with van der Waals surface area (Å²) in [6.45, 7) is 2.00. The predicted octanol–water partition coefficient (Wildman–Crippen LogP) is 5.81. The lowest BCUT2D eigenvalue weighted by Crippen LogP contribution is -2.06. The zero-order valence-electron chi connectivity index (χ0n) is 13.8. The van der Waals surface area contributed by atoms with Crippen LogP contribution in [0.5, 0.6) is 0 Å². The highest BCUT2D eigenvalue weighted by Gasteiger charge is 2.10. The van der Waals surface area contributed by atoms with E-state index in [1.165, 1.54) is 0 Å². The number of hydrogen-bond acceptors (Lipinski definition) is 3. The molecular weight excluding hydrogens is 326 g/mol. The first kappa shape index (κ1) is 15.5. The summed E-state index contributed by atoms with van der Waals surface area (Å²) >= 11 is 5.62. The number of hydrogen-bond donors (Lipinski definition) is 1. The van der Waals surface area contributed by atoms with Gasteiger partial charge in [-0.2, -0.15) is 0 Å². The van der Waals surface area contributed by atoms with Gasteiger partial charge in [-0.15, -0.1) is 0 Å². The van der Waals surface area contributed by atoms with Gasteiger partial charge in [-0.05, 0) is 43.3 Å². The molecule has 1 N–H and O–H groups in total. The second-order valence-corrected chi connectivity index (χ2v) is 6.34. The van der Waals surface area contributed by atoms with E-state index in [0.717, 1.165) is 38.3 Å². The topological polar surface area (TPSA) is 29.9 Å². The van der Waals surface area contributed by atoms with Crippen LogP contribution in [0.2, 0.25) is 0 Å². The second-order valence-electron chi connectivity index (χ2n) is 5.90. The van der Waals surface area contributed by atoms with E-state index in [-0.39, 0.29) is 0 Å². The van der Waals surface area contributed by atoms with Crippen molar-refractivity contribution in [2.24, 2.45) is 0 Å². The maximum absolute atomic E-state index is 5.62. The molecule has 0 saturated heterocycles. The monoisotopic (exact) mass is 343 g/mol. The lowest BCUT2D eigenvalue weighted by atomic mass is 10.2. The Balaban J connectivity index is 2.03. The number of aromatic nitrogens is 2. The standard InChI is InChI=1S/C21H17N3S/c1-15-12-19-18(14-22-15)20(25)13-21(23-16-8-4-2-5-9-16)24(19)17-10-6-3-7-11-17/h2-14,23H,1H3. The molecule has 3 nitrogen and oxygen atoms in total. The minimum absolute atomic E-state index is 0.785. The highest BCUT2D eigenvalue weighted by molar-refractivity contribution is 7.71. The average Bonchev–Trinajstić information content (AvgIpc) is 2.63. The van der Waals surface area contributed by atoms with Gasteiger partial charge in [0, 0.05) is 28.7 Å². The van der Waals surface area contributed by atoms with Crippen molar-refractivity contribution in [3.63, 3.8) is 0 Å². The Kier molecular flexibility index (Phi) is 4.04. The smallest absolute Gasteiger partial charge is 0.116 e. The van der Waals surface area contributed by atoms with E-state index >= 15 is 0 Å². The van der Waals surface area contributed by atoms with Crippen molar-refractivity contribution in [2.45, 2.75) is 6.92 Å². The van der Waals surface area contributed by atoms with Crippen LogP contribution in [0.15, 0.2) is 79.0 Å². The number of rotatable bonds is 3. The second kappa shape index (κ2) is 6.49. The van der Waals surface area contributed by atoms with Crippen LogP contribution < -0.4 is 5.32 Å². The molecule has 4 aromatic rings. The van der Waals surface area contributed by atoms with Crippen molar-refractivity contribution in [3.8, 4) is 5.69 Å². The first-order valence-electron chi connectivity index (χ1n) is 8.12. The molecule has 0 radical (unpaired) electrons. The van der Waals surface area contributed by atoms with Crippen LogP contribution in [0.4, 0.5) is 11.5 Å². The number of para-hydroxylation sites is 2. The molecule has 25 heavy (non-hydrogen) atoms. The number of pyridine rings is 2. The van der Waals surface area contributed by atoms with Crippen molar-refractivity contribution in [1.82, 2.24) is 9.55 Å². The molecule has 0 bridgehead atoms. The van der Waals surface area contributed by atoms with Gasteiger partial charge in [0.2, 0.25) is 0 Å². The van der Waals surface area contributed by atoms with E-state index in [4.69, 9.17) is 12.2 Å². The zero-order chi connectivity index (χ0) is 17.2.